The molecule has 2 heterocycles. The average Bonchev–Trinajstić information content (AvgIpc) is 3.59. The van der Waals surface area contributed by atoms with Crippen molar-refractivity contribution in [3.8, 4) is 28.3 Å². The second-order valence-corrected chi connectivity index (χ2v) is 7.26. The Hall–Kier alpha value is -3.61. The van der Waals surface area contributed by atoms with Gasteiger partial charge < -0.3 is 10.1 Å². The van der Waals surface area contributed by atoms with Crippen LogP contribution < -0.4 is 10.1 Å². The van der Waals surface area contributed by atoms with Crippen molar-refractivity contribution in [3.63, 3.8) is 0 Å². The summed E-state index contributed by atoms with van der Waals surface area (Å²) in [6.45, 7) is 0. The van der Waals surface area contributed by atoms with Crippen LogP contribution in [-0.4, -0.2) is 28.1 Å². The summed E-state index contributed by atoms with van der Waals surface area (Å²) in [5.74, 6) is -0.0292. The summed E-state index contributed by atoms with van der Waals surface area (Å²) >= 11 is 0. The fraction of sp³-hybridized carbons (Fsp3) is 0.174. The van der Waals surface area contributed by atoms with Gasteiger partial charge in [0, 0.05) is 29.4 Å². The van der Waals surface area contributed by atoms with Crippen molar-refractivity contribution < 1.29 is 13.5 Å². The smallest absolute Gasteiger partial charge is 0.163 e. The molecule has 1 saturated carbocycles. The Balaban J connectivity index is 1.73. The van der Waals surface area contributed by atoms with Crippen LogP contribution in [0.4, 0.5) is 14.6 Å². The highest BCUT2D eigenvalue weighted by atomic mass is 19.2. The zero-order valence-electron chi connectivity index (χ0n) is 16.2. The van der Waals surface area contributed by atoms with Crippen LogP contribution in [0.1, 0.15) is 12.8 Å². The standard InChI is InChI=1S/C23H18F2N4O/c1-30-20-11-15(13-4-7-18(24)19(25)10-13)9-17-21(20)28-22(14-3-2-8-26-12-14)29-23(17)27-16-5-6-16/h2-4,7-12,16H,5-6H2,1H3,(H,27,28,29). The van der Waals surface area contributed by atoms with E-state index in [-0.39, 0.29) is 0 Å². The number of ether oxygens (including phenoxy) is 1. The van der Waals surface area contributed by atoms with E-state index in [9.17, 15) is 8.78 Å². The minimum Gasteiger partial charge on any atom is -0.494 e. The van der Waals surface area contributed by atoms with Gasteiger partial charge in [-0.15, -0.1) is 0 Å². The molecule has 0 atom stereocenters. The van der Waals surface area contributed by atoms with Crippen molar-refractivity contribution in [1.29, 1.82) is 0 Å². The number of rotatable bonds is 5. The lowest BCUT2D eigenvalue weighted by Crippen LogP contribution is -2.06. The Bertz CT molecular complexity index is 1240. The van der Waals surface area contributed by atoms with E-state index in [1.165, 1.54) is 12.1 Å². The number of fused-ring (bicyclic) bond motifs is 1. The number of anilines is 1. The first kappa shape index (κ1) is 18.4. The average molecular weight is 404 g/mol. The molecule has 0 amide bonds. The van der Waals surface area contributed by atoms with Crippen LogP contribution >= 0.6 is 0 Å². The summed E-state index contributed by atoms with van der Waals surface area (Å²) in [5.41, 5.74) is 2.67. The van der Waals surface area contributed by atoms with Crippen molar-refractivity contribution in [2.24, 2.45) is 0 Å². The molecule has 1 N–H and O–H groups in total. The number of nitrogens with zero attached hydrogens (tertiary/aromatic N) is 3. The van der Waals surface area contributed by atoms with E-state index in [1.54, 1.807) is 25.6 Å². The van der Waals surface area contributed by atoms with Gasteiger partial charge in [-0.2, -0.15) is 0 Å². The van der Waals surface area contributed by atoms with Gasteiger partial charge in [0.1, 0.15) is 17.1 Å². The second-order valence-electron chi connectivity index (χ2n) is 7.26. The third-order valence-electron chi connectivity index (χ3n) is 5.08. The molecule has 0 aliphatic heterocycles. The Kier molecular flexibility index (Phi) is 4.50. The monoisotopic (exact) mass is 404 g/mol. The van der Waals surface area contributed by atoms with Gasteiger partial charge in [0.05, 0.1) is 7.11 Å². The summed E-state index contributed by atoms with van der Waals surface area (Å²) in [6.07, 6.45) is 5.56. The van der Waals surface area contributed by atoms with Gasteiger partial charge in [0.15, 0.2) is 17.5 Å². The van der Waals surface area contributed by atoms with E-state index < -0.39 is 11.6 Å². The van der Waals surface area contributed by atoms with Crippen molar-refractivity contribution >= 4 is 16.7 Å². The third kappa shape index (κ3) is 3.43. The molecule has 2 aromatic heterocycles. The summed E-state index contributed by atoms with van der Waals surface area (Å²) in [7, 11) is 1.56. The number of halogens is 2. The van der Waals surface area contributed by atoms with E-state index in [0.717, 1.165) is 29.9 Å². The first-order chi connectivity index (χ1) is 14.6. The molecule has 0 saturated heterocycles. The van der Waals surface area contributed by atoms with Crippen LogP contribution in [0.2, 0.25) is 0 Å². The lowest BCUT2D eigenvalue weighted by atomic mass is 10.0. The molecule has 1 aliphatic rings. The molecule has 0 spiro atoms. The maximum atomic E-state index is 13.8. The van der Waals surface area contributed by atoms with Crippen LogP contribution in [0.3, 0.4) is 0 Å². The van der Waals surface area contributed by atoms with Gasteiger partial charge in [0.2, 0.25) is 0 Å². The molecule has 7 heteroatoms. The number of hydrogen-bond acceptors (Lipinski definition) is 5. The van der Waals surface area contributed by atoms with Crippen LogP contribution in [0.25, 0.3) is 33.4 Å². The molecule has 5 nitrogen and oxygen atoms in total. The van der Waals surface area contributed by atoms with Crippen molar-refractivity contribution in [2.75, 3.05) is 12.4 Å². The van der Waals surface area contributed by atoms with Crippen LogP contribution in [0.5, 0.6) is 5.75 Å². The highest BCUT2D eigenvalue weighted by Gasteiger charge is 2.24. The van der Waals surface area contributed by atoms with Gasteiger partial charge in [-0.05, 0) is 60.4 Å². The van der Waals surface area contributed by atoms with Gasteiger partial charge >= 0.3 is 0 Å². The number of benzene rings is 2. The third-order valence-corrected chi connectivity index (χ3v) is 5.08. The minimum absolute atomic E-state index is 0.364. The molecule has 0 bridgehead atoms. The SMILES string of the molecule is COc1cc(-c2ccc(F)c(F)c2)cc2c(NC3CC3)nc(-c3cccnc3)nc12. The molecule has 0 radical (unpaired) electrons. The summed E-state index contributed by atoms with van der Waals surface area (Å²) in [5, 5.41) is 4.22. The molecule has 4 aromatic rings. The predicted octanol–water partition coefficient (Wildman–Crippen LogP) is 5.22. The Morgan fingerprint density at radius 1 is 0.967 bits per heavy atom. The normalized spacial score (nSPS) is 13.4. The summed E-state index contributed by atoms with van der Waals surface area (Å²) in [4.78, 5) is 13.6. The molecular formula is C23H18F2N4O. The van der Waals surface area contributed by atoms with E-state index in [0.29, 0.717) is 40.1 Å². The minimum atomic E-state index is -0.897. The van der Waals surface area contributed by atoms with E-state index in [1.807, 2.05) is 18.2 Å². The quantitative estimate of drug-likeness (QED) is 0.494. The second kappa shape index (κ2) is 7.33. The number of nitrogens with one attached hydrogen (secondary N) is 1. The number of methoxy groups -OCH3 is 1. The largest absolute Gasteiger partial charge is 0.494 e. The first-order valence-electron chi connectivity index (χ1n) is 9.64. The molecular weight excluding hydrogens is 386 g/mol. The lowest BCUT2D eigenvalue weighted by Gasteiger charge is -2.14. The highest BCUT2D eigenvalue weighted by Crippen LogP contribution is 2.37. The van der Waals surface area contributed by atoms with Gasteiger partial charge in [-0.25, -0.2) is 18.7 Å². The number of aromatic nitrogens is 3. The number of hydrogen-bond donors (Lipinski definition) is 1. The van der Waals surface area contributed by atoms with Crippen molar-refractivity contribution in [2.45, 2.75) is 18.9 Å². The Labute approximate surface area is 171 Å². The molecule has 150 valence electrons. The summed E-state index contributed by atoms with van der Waals surface area (Å²) < 4.78 is 32.8. The van der Waals surface area contributed by atoms with E-state index in [4.69, 9.17) is 14.7 Å². The maximum absolute atomic E-state index is 13.8. The topological polar surface area (TPSA) is 59.9 Å². The lowest BCUT2D eigenvalue weighted by molar-refractivity contribution is 0.419. The van der Waals surface area contributed by atoms with Gasteiger partial charge in [-0.1, -0.05) is 6.07 Å². The fourth-order valence-electron chi connectivity index (χ4n) is 3.35. The van der Waals surface area contributed by atoms with Crippen LogP contribution in [-0.2, 0) is 0 Å². The molecule has 30 heavy (non-hydrogen) atoms. The van der Waals surface area contributed by atoms with Crippen LogP contribution in [0, 0.1) is 11.6 Å². The molecule has 2 aromatic carbocycles. The van der Waals surface area contributed by atoms with Crippen molar-refractivity contribution in [1.82, 2.24) is 15.0 Å². The highest BCUT2D eigenvalue weighted by molar-refractivity contribution is 5.98. The van der Waals surface area contributed by atoms with Crippen LogP contribution in [0.15, 0.2) is 54.9 Å². The molecule has 5 rings (SSSR count). The Morgan fingerprint density at radius 3 is 2.53 bits per heavy atom. The molecule has 1 aliphatic carbocycles. The van der Waals surface area contributed by atoms with Crippen molar-refractivity contribution in [3.05, 3.63) is 66.5 Å². The van der Waals surface area contributed by atoms with Gasteiger partial charge in [0.25, 0.3) is 0 Å². The molecule has 1 fully saturated rings. The van der Waals surface area contributed by atoms with E-state index >= 15 is 0 Å². The zero-order valence-corrected chi connectivity index (χ0v) is 16.2. The number of pyridine rings is 1. The Morgan fingerprint density at radius 2 is 1.83 bits per heavy atom. The first-order valence-corrected chi connectivity index (χ1v) is 9.64. The molecule has 0 unspecified atom stereocenters. The van der Waals surface area contributed by atoms with Gasteiger partial charge in [-0.3, -0.25) is 4.98 Å². The fourth-order valence-corrected chi connectivity index (χ4v) is 3.35. The zero-order chi connectivity index (χ0) is 20.7. The summed E-state index contributed by atoms with van der Waals surface area (Å²) in [6, 6.07) is 11.6. The maximum Gasteiger partial charge on any atom is 0.163 e. The van der Waals surface area contributed by atoms with E-state index in [2.05, 4.69) is 10.3 Å². The predicted molar refractivity (Wildman–Crippen MR) is 111 cm³/mol.